The summed E-state index contributed by atoms with van der Waals surface area (Å²) in [6.07, 6.45) is 14.0. The van der Waals surface area contributed by atoms with Crippen molar-refractivity contribution in [1.29, 1.82) is 0 Å². The van der Waals surface area contributed by atoms with Gasteiger partial charge in [-0.2, -0.15) is 0 Å². The molecule has 3 rings (SSSR count). The second-order valence-electron chi connectivity index (χ2n) is 7.75. The molecule has 1 aromatic rings. The number of hydrogen-bond acceptors (Lipinski definition) is 0. The largest absolute Gasteiger partial charge is 0.0651 e. The molecule has 0 aliphatic heterocycles. The topological polar surface area (TPSA) is 0 Å². The second kappa shape index (κ2) is 7.02. The van der Waals surface area contributed by atoms with Crippen molar-refractivity contribution >= 4 is 6.08 Å². The molecular weight excluding hydrogens is 264 g/mol. The fourth-order valence-electron chi connectivity index (χ4n) is 4.83. The van der Waals surface area contributed by atoms with E-state index in [9.17, 15) is 0 Å². The van der Waals surface area contributed by atoms with Gasteiger partial charge in [0.25, 0.3) is 0 Å². The van der Waals surface area contributed by atoms with Gasteiger partial charge in [0, 0.05) is 5.92 Å². The van der Waals surface area contributed by atoms with Crippen LogP contribution in [0.1, 0.15) is 87.8 Å². The molecule has 0 heteroatoms. The van der Waals surface area contributed by atoms with Crippen LogP contribution >= 0.6 is 0 Å². The summed E-state index contributed by atoms with van der Waals surface area (Å²) in [4.78, 5) is 0. The lowest BCUT2D eigenvalue weighted by Gasteiger charge is -2.28. The normalized spacial score (nSPS) is 23.2. The first-order chi connectivity index (χ1) is 10.7. The van der Waals surface area contributed by atoms with E-state index in [-0.39, 0.29) is 0 Å². The first-order valence-electron chi connectivity index (χ1n) is 9.47. The van der Waals surface area contributed by atoms with E-state index in [1.165, 1.54) is 62.5 Å². The Morgan fingerprint density at radius 2 is 1.86 bits per heavy atom. The fraction of sp³-hybridized carbons (Fsp3) is 0.636. The van der Waals surface area contributed by atoms with Gasteiger partial charge in [0.2, 0.25) is 0 Å². The van der Waals surface area contributed by atoms with Crippen LogP contribution in [0, 0.1) is 18.8 Å². The van der Waals surface area contributed by atoms with Crippen molar-refractivity contribution in [3.8, 4) is 0 Å². The van der Waals surface area contributed by atoms with E-state index in [0.717, 1.165) is 11.8 Å². The maximum Gasteiger partial charge on any atom is 0.00829 e. The van der Waals surface area contributed by atoms with E-state index in [1.807, 2.05) is 0 Å². The molecule has 0 radical (unpaired) electrons. The third-order valence-electron chi connectivity index (χ3n) is 6.12. The number of fused-ring (bicyclic) bond motifs is 1. The summed E-state index contributed by atoms with van der Waals surface area (Å²) >= 11 is 0. The van der Waals surface area contributed by atoms with Gasteiger partial charge < -0.3 is 0 Å². The van der Waals surface area contributed by atoms with E-state index < -0.39 is 0 Å². The van der Waals surface area contributed by atoms with Crippen LogP contribution in [0.15, 0.2) is 23.8 Å². The van der Waals surface area contributed by atoms with Crippen molar-refractivity contribution in [3.63, 3.8) is 0 Å². The van der Waals surface area contributed by atoms with Crippen molar-refractivity contribution in [1.82, 2.24) is 0 Å². The number of allylic oxidation sites excluding steroid dienone is 1. The molecule has 2 aliphatic carbocycles. The summed E-state index contributed by atoms with van der Waals surface area (Å²) in [6.45, 7) is 6.98. The Morgan fingerprint density at radius 3 is 2.59 bits per heavy atom. The van der Waals surface area contributed by atoms with Gasteiger partial charge >= 0.3 is 0 Å². The Hall–Kier alpha value is -1.04. The highest BCUT2D eigenvalue weighted by Crippen LogP contribution is 2.45. The van der Waals surface area contributed by atoms with Crippen LogP contribution in [0.4, 0.5) is 0 Å². The van der Waals surface area contributed by atoms with Crippen LogP contribution in [0.5, 0.6) is 0 Å². The molecule has 0 nitrogen and oxygen atoms in total. The summed E-state index contributed by atoms with van der Waals surface area (Å²) in [7, 11) is 0. The minimum atomic E-state index is 0.684. The molecule has 120 valence electrons. The molecule has 0 bridgehead atoms. The molecule has 0 heterocycles. The maximum atomic E-state index is 2.44. The third-order valence-corrected chi connectivity index (χ3v) is 6.12. The zero-order chi connectivity index (χ0) is 15.5. The summed E-state index contributed by atoms with van der Waals surface area (Å²) in [5.41, 5.74) is 6.09. The van der Waals surface area contributed by atoms with Crippen molar-refractivity contribution in [2.45, 2.75) is 78.1 Å². The van der Waals surface area contributed by atoms with Crippen LogP contribution < -0.4 is 0 Å². The first kappa shape index (κ1) is 15.8. The molecule has 0 saturated heterocycles. The van der Waals surface area contributed by atoms with Crippen LogP contribution in [0.2, 0.25) is 0 Å². The molecule has 1 unspecified atom stereocenters. The highest BCUT2D eigenvalue weighted by molar-refractivity contribution is 5.66. The molecule has 0 amide bonds. The Kier molecular flexibility index (Phi) is 5.06. The number of aryl methyl sites for hydroxylation is 1. The molecule has 1 aromatic carbocycles. The molecule has 2 aliphatic rings. The minimum absolute atomic E-state index is 0.684. The molecule has 2 atom stereocenters. The van der Waals surface area contributed by atoms with Gasteiger partial charge in [0.15, 0.2) is 0 Å². The highest BCUT2D eigenvalue weighted by Gasteiger charge is 2.29. The predicted octanol–water partition coefficient (Wildman–Crippen LogP) is 6.88. The van der Waals surface area contributed by atoms with E-state index >= 15 is 0 Å². The van der Waals surface area contributed by atoms with Gasteiger partial charge in [-0.05, 0) is 43.2 Å². The molecule has 1 saturated carbocycles. The smallest absolute Gasteiger partial charge is 0.00829 e. The first-order valence-corrected chi connectivity index (χ1v) is 9.47. The lowest BCUT2D eigenvalue weighted by molar-refractivity contribution is 0.295. The number of rotatable bonds is 5. The zero-order valence-corrected chi connectivity index (χ0v) is 14.7. The van der Waals surface area contributed by atoms with Crippen molar-refractivity contribution in [3.05, 3.63) is 40.5 Å². The molecular formula is C22H32. The minimum Gasteiger partial charge on any atom is -0.0651 e. The van der Waals surface area contributed by atoms with Gasteiger partial charge in [-0.1, -0.05) is 87.3 Å². The van der Waals surface area contributed by atoms with Crippen molar-refractivity contribution in [2.75, 3.05) is 0 Å². The summed E-state index contributed by atoms with van der Waals surface area (Å²) in [5.74, 6) is 2.54. The molecule has 0 spiro atoms. The average Bonchev–Trinajstić information content (AvgIpc) is 2.85. The zero-order valence-electron chi connectivity index (χ0n) is 14.7. The van der Waals surface area contributed by atoms with E-state index in [0.29, 0.717) is 5.92 Å². The molecule has 1 fully saturated rings. The Morgan fingerprint density at radius 1 is 1.09 bits per heavy atom. The van der Waals surface area contributed by atoms with E-state index in [4.69, 9.17) is 0 Å². The monoisotopic (exact) mass is 296 g/mol. The van der Waals surface area contributed by atoms with Gasteiger partial charge in [-0.3, -0.25) is 0 Å². The standard InChI is InChI=1S/C22H32/c1-4-19(13-11-18-8-6-5-7-9-18)22-17(3)15-20-12-10-16(2)14-21(20)22/h10,12,14-15,18-19,22H,4-9,11,13H2,1-3H3/t19-,22?/m1/s1. The van der Waals surface area contributed by atoms with Crippen LogP contribution in [-0.4, -0.2) is 0 Å². The SMILES string of the molecule is CC[C@H](CCC1CCCCC1)C1C(C)=Cc2ccc(C)cc21. The highest BCUT2D eigenvalue weighted by atomic mass is 14.3. The van der Waals surface area contributed by atoms with Crippen LogP contribution in [0.3, 0.4) is 0 Å². The lowest BCUT2D eigenvalue weighted by atomic mass is 9.76. The van der Waals surface area contributed by atoms with Gasteiger partial charge in [0.05, 0.1) is 0 Å². The van der Waals surface area contributed by atoms with E-state index in [1.54, 1.807) is 11.1 Å². The van der Waals surface area contributed by atoms with Gasteiger partial charge in [0.1, 0.15) is 0 Å². The summed E-state index contributed by atoms with van der Waals surface area (Å²) < 4.78 is 0. The van der Waals surface area contributed by atoms with Crippen LogP contribution in [0.25, 0.3) is 6.08 Å². The third kappa shape index (κ3) is 3.31. The fourth-order valence-corrected chi connectivity index (χ4v) is 4.83. The summed E-state index contributed by atoms with van der Waals surface area (Å²) in [5, 5.41) is 0. The maximum absolute atomic E-state index is 2.44. The van der Waals surface area contributed by atoms with Gasteiger partial charge in [-0.15, -0.1) is 0 Å². The molecule has 0 aromatic heterocycles. The van der Waals surface area contributed by atoms with Crippen LogP contribution in [-0.2, 0) is 0 Å². The molecule has 22 heavy (non-hydrogen) atoms. The predicted molar refractivity (Wildman–Crippen MR) is 97.2 cm³/mol. The molecule has 0 N–H and O–H groups in total. The summed E-state index contributed by atoms with van der Waals surface area (Å²) in [6, 6.07) is 7.02. The van der Waals surface area contributed by atoms with E-state index in [2.05, 4.69) is 45.0 Å². The Labute approximate surface area is 137 Å². The second-order valence-corrected chi connectivity index (χ2v) is 7.75. The lowest BCUT2D eigenvalue weighted by Crippen LogP contribution is -2.15. The average molecular weight is 296 g/mol. The van der Waals surface area contributed by atoms with Crippen molar-refractivity contribution < 1.29 is 0 Å². The Bertz CT molecular complexity index is 531. The quantitative estimate of drug-likeness (QED) is 0.555. The van der Waals surface area contributed by atoms with Gasteiger partial charge in [-0.25, -0.2) is 0 Å². The van der Waals surface area contributed by atoms with Crippen molar-refractivity contribution in [2.24, 2.45) is 11.8 Å². The Balaban J connectivity index is 1.71. The number of hydrogen-bond donors (Lipinski definition) is 0. The number of benzene rings is 1.